The molecule has 1 aliphatic rings. The lowest BCUT2D eigenvalue weighted by atomic mass is 10.2. The highest BCUT2D eigenvalue weighted by atomic mass is 32.2. The minimum atomic E-state index is -3.56. The second kappa shape index (κ2) is 9.39. The van der Waals surface area contributed by atoms with E-state index >= 15 is 0 Å². The molecule has 27 heavy (non-hydrogen) atoms. The standard InChI is InChI=1S/C20H24N2O3S2/c23-20(21-12-5-13-26-18-7-2-1-3-8-18)17-6-4-9-19(14-17)27(24,25)22-15-16-10-11-16/h1-4,6-9,14,16,22H,5,10-13,15H2,(H,21,23). The molecule has 0 unspecified atom stereocenters. The highest BCUT2D eigenvalue weighted by molar-refractivity contribution is 7.99. The quantitative estimate of drug-likeness (QED) is 0.471. The molecule has 0 saturated heterocycles. The Labute approximate surface area is 165 Å². The van der Waals surface area contributed by atoms with Gasteiger partial charge in [0.05, 0.1) is 4.90 Å². The molecule has 1 aliphatic carbocycles. The predicted octanol–water partition coefficient (Wildman–Crippen LogP) is 3.29. The van der Waals surface area contributed by atoms with Gasteiger partial charge in [-0.3, -0.25) is 4.79 Å². The van der Waals surface area contributed by atoms with Gasteiger partial charge in [0.25, 0.3) is 5.91 Å². The molecule has 0 aromatic heterocycles. The highest BCUT2D eigenvalue weighted by Crippen LogP contribution is 2.28. The molecule has 0 radical (unpaired) electrons. The van der Waals surface area contributed by atoms with Crippen LogP contribution in [0.2, 0.25) is 0 Å². The maximum Gasteiger partial charge on any atom is 0.251 e. The van der Waals surface area contributed by atoms with E-state index in [9.17, 15) is 13.2 Å². The second-order valence-corrected chi connectivity index (χ2v) is 9.53. The van der Waals surface area contributed by atoms with Gasteiger partial charge in [0.2, 0.25) is 10.0 Å². The van der Waals surface area contributed by atoms with Gasteiger partial charge in [-0.1, -0.05) is 24.3 Å². The lowest BCUT2D eigenvalue weighted by Gasteiger charge is -2.09. The van der Waals surface area contributed by atoms with E-state index in [2.05, 4.69) is 22.2 Å². The van der Waals surface area contributed by atoms with Gasteiger partial charge in [-0.2, -0.15) is 0 Å². The third kappa shape index (κ3) is 6.37. The van der Waals surface area contributed by atoms with Gasteiger partial charge in [-0.15, -0.1) is 11.8 Å². The first-order valence-corrected chi connectivity index (χ1v) is 11.6. The van der Waals surface area contributed by atoms with Crippen LogP contribution in [0.25, 0.3) is 0 Å². The average molecular weight is 405 g/mol. The first-order valence-electron chi connectivity index (χ1n) is 9.10. The van der Waals surface area contributed by atoms with Crippen molar-refractivity contribution in [1.82, 2.24) is 10.0 Å². The molecule has 0 aliphatic heterocycles. The third-order valence-electron chi connectivity index (χ3n) is 4.28. The number of amides is 1. The minimum absolute atomic E-state index is 0.135. The van der Waals surface area contributed by atoms with E-state index in [1.54, 1.807) is 23.9 Å². The maximum absolute atomic E-state index is 12.3. The topological polar surface area (TPSA) is 75.3 Å². The Bertz CT molecular complexity index is 866. The number of hydrogen-bond donors (Lipinski definition) is 2. The third-order valence-corrected chi connectivity index (χ3v) is 6.80. The van der Waals surface area contributed by atoms with E-state index in [-0.39, 0.29) is 10.8 Å². The Hall–Kier alpha value is -1.83. The van der Waals surface area contributed by atoms with E-state index in [0.717, 1.165) is 25.0 Å². The van der Waals surface area contributed by atoms with Gasteiger partial charge in [0, 0.05) is 23.5 Å². The van der Waals surface area contributed by atoms with Crippen molar-refractivity contribution in [3.63, 3.8) is 0 Å². The van der Waals surface area contributed by atoms with E-state index in [1.165, 1.54) is 17.0 Å². The summed E-state index contributed by atoms with van der Waals surface area (Å²) in [6.07, 6.45) is 2.99. The number of thioether (sulfide) groups is 1. The van der Waals surface area contributed by atoms with Crippen LogP contribution in [0.3, 0.4) is 0 Å². The summed E-state index contributed by atoms with van der Waals surface area (Å²) in [5.41, 5.74) is 0.361. The van der Waals surface area contributed by atoms with Gasteiger partial charge >= 0.3 is 0 Å². The fraction of sp³-hybridized carbons (Fsp3) is 0.350. The van der Waals surface area contributed by atoms with Crippen LogP contribution in [-0.4, -0.2) is 33.2 Å². The average Bonchev–Trinajstić information content (AvgIpc) is 3.51. The smallest absolute Gasteiger partial charge is 0.251 e. The largest absolute Gasteiger partial charge is 0.352 e. The summed E-state index contributed by atoms with van der Waals surface area (Å²) in [6.45, 7) is 1.02. The van der Waals surface area contributed by atoms with E-state index < -0.39 is 10.0 Å². The Morgan fingerprint density at radius 3 is 2.59 bits per heavy atom. The molecule has 5 nitrogen and oxygen atoms in total. The first kappa shape index (κ1) is 19.9. The monoisotopic (exact) mass is 404 g/mol. The van der Waals surface area contributed by atoms with Gasteiger partial charge in [-0.25, -0.2) is 13.1 Å². The fourth-order valence-electron chi connectivity index (χ4n) is 2.52. The van der Waals surface area contributed by atoms with Gasteiger partial charge in [-0.05, 0) is 61.3 Å². The fourth-order valence-corrected chi connectivity index (χ4v) is 4.56. The van der Waals surface area contributed by atoms with Crippen LogP contribution in [0.5, 0.6) is 0 Å². The zero-order valence-electron chi connectivity index (χ0n) is 15.1. The highest BCUT2D eigenvalue weighted by Gasteiger charge is 2.24. The summed E-state index contributed by atoms with van der Waals surface area (Å²) in [5, 5.41) is 2.86. The number of carbonyl (C=O) groups excluding carboxylic acids is 1. The van der Waals surface area contributed by atoms with Crippen LogP contribution in [-0.2, 0) is 10.0 Å². The van der Waals surface area contributed by atoms with Crippen LogP contribution in [0.15, 0.2) is 64.4 Å². The molecule has 2 N–H and O–H groups in total. The number of benzene rings is 2. The molecule has 3 rings (SSSR count). The van der Waals surface area contributed by atoms with Gasteiger partial charge in [0.1, 0.15) is 0 Å². The molecule has 7 heteroatoms. The van der Waals surface area contributed by atoms with Crippen molar-refractivity contribution in [1.29, 1.82) is 0 Å². The Balaban J connectivity index is 1.46. The van der Waals surface area contributed by atoms with Crippen molar-refractivity contribution >= 4 is 27.7 Å². The maximum atomic E-state index is 12.3. The van der Waals surface area contributed by atoms with E-state index in [0.29, 0.717) is 24.6 Å². The summed E-state index contributed by atoms with van der Waals surface area (Å²) in [5.74, 6) is 1.11. The Morgan fingerprint density at radius 1 is 1.07 bits per heavy atom. The van der Waals surface area contributed by atoms with Crippen molar-refractivity contribution in [2.75, 3.05) is 18.8 Å². The lowest BCUT2D eigenvalue weighted by Crippen LogP contribution is -2.27. The molecular formula is C20H24N2O3S2. The van der Waals surface area contributed by atoms with Gasteiger partial charge < -0.3 is 5.32 Å². The van der Waals surface area contributed by atoms with E-state index in [4.69, 9.17) is 0 Å². The van der Waals surface area contributed by atoms with Crippen LogP contribution >= 0.6 is 11.8 Å². The van der Waals surface area contributed by atoms with Crippen LogP contribution < -0.4 is 10.0 Å². The normalized spacial score (nSPS) is 14.1. The number of nitrogens with one attached hydrogen (secondary N) is 2. The van der Waals surface area contributed by atoms with Crippen molar-refractivity contribution < 1.29 is 13.2 Å². The van der Waals surface area contributed by atoms with E-state index in [1.807, 2.05) is 18.2 Å². The molecule has 2 aromatic rings. The molecule has 0 bridgehead atoms. The molecular weight excluding hydrogens is 380 g/mol. The van der Waals surface area contributed by atoms with Crippen molar-refractivity contribution in [2.24, 2.45) is 5.92 Å². The summed E-state index contributed by atoms with van der Waals surface area (Å²) >= 11 is 1.75. The molecule has 1 fully saturated rings. The molecule has 144 valence electrons. The molecule has 2 aromatic carbocycles. The molecule has 0 spiro atoms. The van der Waals surface area contributed by atoms with Crippen LogP contribution in [0.1, 0.15) is 29.6 Å². The number of carbonyl (C=O) groups is 1. The van der Waals surface area contributed by atoms with Crippen LogP contribution in [0, 0.1) is 5.92 Å². The second-order valence-electron chi connectivity index (χ2n) is 6.59. The van der Waals surface area contributed by atoms with Crippen LogP contribution in [0.4, 0.5) is 0 Å². The Morgan fingerprint density at radius 2 is 1.85 bits per heavy atom. The molecule has 0 heterocycles. The summed E-state index contributed by atoms with van der Waals surface area (Å²) < 4.78 is 27.3. The lowest BCUT2D eigenvalue weighted by molar-refractivity contribution is 0.0953. The van der Waals surface area contributed by atoms with Gasteiger partial charge in [0.15, 0.2) is 0 Å². The molecule has 1 amide bonds. The van der Waals surface area contributed by atoms with Crippen molar-refractivity contribution in [2.45, 2.75) is 29.1 Å². The molecule has 0 atom stereocenters. The summed E-state index contributed by atoms with van der Waals surface area (Å²) in [6, 6.07) is 16.3. The SMILES string of the molecule is O=C(NCCCSc1ccccc1)c1cccc(S(=O)(=O)NCC2CC2)c1. The minimum Gasteiger partial charge on any atom is -0.352 e. The zero-order chi connectivity index (χ0) is 19.1. The number of sulfonamides is 1. The van der Waals surface area contributed by atoms with Crippen molar-refractivity contribution in [3.8, 4) is 0 Å². The summed E-state index contributed by atoms with van der Waals surface area (Å²) in [7, 11) is -3.56. The van der Waals surface area contributed by atoms with Crippen molar-refractivity contribution in [3.05, 3.63) is 60.2 Å². The number of rotatable bonds is 10. The summed E-state index contributed by atoms with van der Waals surface area (Å²) in [4.78, 5) is 13.6. The zero-order valence-corrected chi connectivity index (χ0v) is 16.7. The predicted molar refractivity (Wildman–Crippen MR) is 108 cm³/mol. The Kier molecular flexibility index (Phi) is 6.93. The first-order chi connectivity index (χ1) is 13.0. The number of hydrogen-bond acceptors (Lipinski definition) is 4. The molecule has 1 saturated carbocycles.